The maximum absolute atomic E-state index is 5.89. The van der Waals surface area contributed by atoms with Gasteiger partial charge in [0, 0.05) is 12.2 Å². The molecule has 0 fully saturated rings. The fourth-order valence-corrected chi connectivity index (χ4v) is 1.68. The third kappa shape index (κ3) is 3.81. The molecule has 3 nitrogen and oxygen atoms in total. The van der Waals surface area contributed by atoms with Crippen LogP contribution in [-0.4, -0.2) is 18.1 Å². The molecule has 3 heteroatoms. The molecule has 0 aliphatic carbocycles. The molecule has 0 amide bonds. The van der Waals surface area contributed by atoms with Crippen molar-refractivity contribution in [1.29, 1.82) is 0 Å². The summed E-state index contributed by atoms with van der Waals surface area (Å²) in [6.07, 6.45) is 2.47. The highest BCUT2D eigenvalue weighted by Crippen LogP contribution is 2.19. The molecule has 0 bridgehead atoms. The highest BCUT2D eigenvalue weighted by molar-refractivity contribution is 5.29. The van der Waals surface area contributed by atoms with Gasteiger partial charge in [-0.3, -0.25) is 4.98 Å². The number of nitrogens with zero attached hydrogens (tertiary/aromatic N) is 1. The quantitative estimate of drug-likeness (QED) is 0.803. The summed E-state index contributed by atoms with van der Waals surface area (Å²) < 4.78 is 5.89. The lowest BCUT2D eigenvalue weighted by Gasteiger charge is -2.16. The van der Waals surface area contributed by atoms with Crippen molar-refractivity contribution in [2.75, 3.05) is 7.05 Å². The summed E-state index contributed by atoms with van der Waals surface area (Å²) in [5, 5.41) is 3.11. The molecule has 90 valence electrons. The Morgan fingerprint density at radius 3 is 2.81 bits per heavy atom. The molecule has 1 rings (SSSR count). The van der Waals surface area contributed by atoms with Gasteiger partial charge in [0.15, 0.2) is 0 Å². The van der Waals surface area contributed by atoms with E-state index in [1.807, 2.05) is 26.1 Å². The predicted molar refractivity (Wildman–Crippen MR) is 66.7 cm³/mol. The highest BCUT2D eigenvalue weighted by Gasteiger charge is 2.08. The summed E-state index contributed by atoms with van der Waals surface area (Å²) in [4.78, 5) is 4.49. The number of aryl methyl sites for hydroxylation is 1. The lowest BCUT2D eigenvalue weighted by molar-refractivity contribution is 0.206. The first-order valence-electron chi connectivity index (χ1n) is 5.95. The fraction of sp³-hybridized carbons (Fsp3) is 0.615. The van der Waals surface area contributed by atoms with Gasteiger partial charge in [-0.1, -0.05) is 13.3 Å². The lowest BCUT2D eigenvalue weighted by atomic mass is 10.2. The van der Waals surface area contributed by atoms with Crippen LogP contribution >= 0.6 is 0 Å². The third-order valence-electron chi connectivity index (χ3n) is 2.44. The number of pyridine rings is 1. The molecule has 0 radical (unpaired) electrons. The molecule has 1 aromatic heterocycles. The van der Waals surface area contributed by atoms with Gasteiger partial charge in [0.25, 0.3) is 0 Å². The Bertz CT molecular complexity index is 326. The number of ether oxygens (including phenoxy) is 1. The van der Waals surface area contributed by atoms with E-state index >= 15 is 0 Å². The summed E-state index contributed by atoms with van der Waals surface area (Å²) >= 11 is 0. The Labute approximate surface area is 98.2 Å². The van der Waals surface area contributed by atoms with E-state index in [9.17, 15) is 0 Å². The summed E-state index contributed by atoms with van der Waals surface area (Å²) in [5.41, 5.74) is 2.02. The van der Waals surface area contributed by atoms with Crippen LogP contribution in [0.4, 0.5) is 0 Å². The summed E-state index contributed by atoms with van der Waals surface area (Å²) in [7, 11) is 1.92. The predicted octanol–water partition coefficient (Wildman–Crippen LogP) is 2.68. The molecule has 0 saturated carbocycles. The van der Waals surface area contributed by atoms with Gasteiger partial charge in [0.2, 0.25) is 0 Å². The molecular weight excluding hydrogens is 200 g/mol. The van der Waals surface area contributed by atoms with Crippen molar-refractivity contribution in [2.45, 2.75) is 46.3 Å². The second-order valence-electron chi connectivity index (χ2n) is 4.14. The second kappa shape index (κ2) is 6.48. The van der Waals surface area contributed by atoms with Crippen LogP contribution < -0.4 is 10.1 Å². The van der Waals surface area contributed by atoms with Crippen molar-refractivity contribution in [3.05, 3.63) is 23.5 Å². The van der Waals surface area contributed by atoms with E-state index in [-0.39, 0.29) is 6.10 Å². The summed E-state index contributed by atoms with van der Waals surface area (Å²) in [6, 6.07) is 4.01. The molecule has 0 saturated heterocycles. The smallest absolute Gasteiger partial charge is 0.142 e. The van der Waals surface area contributed by atoms with Crippen LogP contribution in [0.25, 0.3) is 0 Å². The van der Waals surface area contributed by atoms with Crippen LogP contribution in [0.5, 0.6) is 5.75 Å². The van der Waals surface area contributed by atoms with Crippen molar-refractivity contribution in [3.8, 4) is 5.75 Å². The zero-order valence-corrected chi connectivity index (χ0v) is 10.7. The van der Waals surface area contributed by atoms with E-state index in [1.54, 1.807) is 0 Å². The maximum atomic E-state index is 5.89. The van der Waals surface area contributed by atoms with E-state index < -0.39 is 0 Å². The van der Waals surface area contributed by atoms with Gasteiger partial charge in [-0.05, 0) is 39.4 Å². The monoisotopic (exact) mass is 222 g/mol. The zero-order chi connectivity index (χ0) is 12.0. The Morgan fingerprint density at radius 1 is 1.44 bits per heavy atom. The lowest BCUT2D eigenvalue weighted by Crippen LogP contribution is -2.15. The largest absolute Gasteiger partial charge is 0.489 e. The maximum Gasteiger partial charge on any atom is 0.142 e. The first-order valence-corrected chi connectivity index (χ1v) is 5.95. The van der Waals surface area contributed by atoms with Gasteiger partial charge in [-0.2, -0.15) is 0 Å². The van der Waals surface area contributed by atoms with Crippen molar-refractivity contribution in [3.63, 3.8) is 0 Å². The minimum Gasteiger partial charge on any atom is -0.489 e. The van der Waals surface area contributed by atoms with Gasteiger partial charge in [-0.25, -0.2) is 0 Å². The molecule has 0 aliphatic rings. The fourth-order valence-electron chi connectivity index (χ4n) is 1.68. The topological polar surface area (TPSA) is 34.1 Å². The van der Waals surface area contributed by atoms with Gasteiger partial charge >= 0.3 is 0 Å². The molecule has 0 aliphatic heterocycles. The Hall–Kier alpha value is -1.09. The third-order valence-corrected chi connectivity index (χ3v) is 2.44. The van der Waals surface area contributed by atoms with Crippen LogP contribution in [0.1, 0.15) is 38.1 Å². The minimum absolute atomic E-state index is 0.255. The van der Waals surface area contributed by atoms with E-state index in [0.29, 0.717) is 0 Å². The zero-order valence-electron chi connectivity index (χ0n) is 10.7. The van der Waals surface area contributed by atoms with Crippen molar-refractivity contribution in [2.24, 2.45) is 0 Å². The first kappa shape index (κ1) is 13.0. The second-order valence-corrected chi connectivity index (χ2v) is 4.14. The standard InChI is InChI=1S/C13H22N2O/c1-5-6-11(3)16-13-8-7-10(2)15-12(13)9-14-4/h7-8,11,14H,5-6,9H2,1-4H3. The number of rotatable bonds is 6. The molecule has 0 aromatic carbocycles. The Kier molecular flexibility index (Phi) is 5.26. The number of aromatic nitrogens is 1. The molecule has 1 atom stereocenters. The molecule has 16 heavy (non-hydrogen) atoms. The average Bonchev–Trinajstić information content (AvgIpc) is 2.23. The number of hydrogen-bond donors (Lipinski definition) is 1. The van der Waals surface area contributed by atoms with Gasteiger partial charge in [-0.15, -0.1) is 0 Å². The van der Waals surface area contributed by atoms with E-state index in [4.69, 9.17) is 4.74 Å². The van der Waals surface area contributed by atoms with E-state index in [1.165, 1.54) is 0 Å². The number of nitrogens with one attached hydrogen (secondary N) is 1. The molecule has 1 unspecified atom stereocenters. The van der Waals surface area contributed by atoms with Gasteiger partial charge in [0.1, 0.15) is 5.75 Å². The number of hydrogen-bond acceptors (Lipinski definition) is 3. The SMILES string of the molecule is CCCC(C)Oc1ccc(C)nc1CNC. The van der Waals surface area contributed by atoms with Crippen LogP contribution in [0.15, 0.2) is 12.1 Å². The van der Waals surface area contributed by atoms with Gasteiger partial charge in [0.05, 0.1) is 11.8 Å². The highest BCUT2D eigenvalue weighted by atomic mass is 16.5. The van der Waals surface area contributed by atoms with Crippen LogP contribution in [0.3, 0.4) is 0 Å². The van der Waals surface area contributed by atoms with E-state index in [2.05, 4.69) is 24.1 Å². The van der Waals surface area contributed by atoms with Crippen LogP contribution in [0.2, 0.25) is 0 Å². The summed E-state index contributed by atoms with van der Waals surface area (Å²) in [5.74, 6) is 0.904. The van der Waals surface area contributed by atoms with Crippen molar-refractivity contribution in [1.82, 2.24) is 10.3 Å². The minimum atomic E-state index is 0.255. The van der Waals surface area contributed by atoms with Crippen molar-refractivity contribution >= 4 is 0 Å². The molecule has 1 heterocycles. The molecule has 0 spiro atoms. The van der Waals surface area contributed by atoms with Crippen LogP contribution in [-0.2, 0) is 6.54 Å². The van der Waals surface area contributed by atoms with Crippen molar-refractivity contribution < 1.29 is 4.74 Å². The Balaban J connectivity index is 2.77. The molecule has 1 N–H and O–H groups in total. The van der Waals surface area contributed by atoms with Gasteiger partial charge < -0.3 is 10.1 Å². The first-order chi connectivity index (χ1) is 7.67. The Morgan fingerprint density at radius 2 is 2.19 bits per heavy atom. The van der Waals surface area contributed by atoms with Crippen LogP contribution in [0, 0.1) is 6.92 Å². The molecule has 1 aromatic rings. The molecular formula is C13H22N2O. The normalized spacial score (nSPS) is 12.5. The summed E-state index contributed by atoms with van der Waals surface area (Å²) in [6.45, 7) is 7.02. The van der Waals surface area contributed by atoms with E-state index in [0.717, 1.165) is 36.5 Å². The average molecular weight is 222 g/mol.